The minimum absolute atomic E-state index is 0.115. The maximum absolute atomic E-state index is 12.3. The first-order chi connectivity index (χ1) is 9.54. The van der Waals surface area contributed by atoms with Crippen molar-refractivity contribution in [2.24, 2.45) is 5.73 Å². The molecule has 0 radical (unpaired) electrons. The van der Waals surface area contributed by atoms with Crippen LogP contribution >= 0.6 is 0 Å². The topological polar surface area (TPSA) is 116 Å². The molecule has 0 atom stereocenters. The molecule has 0 aliphatic rings. The number of benzene rings is 1. The lowest BCUT2D eigenvalue weighted by Gasteiger charge is -2.03. The van der Waals surface area contributed by atoms with Gasteiger partial charge in [-0.15, -0.1) is 0 Å². The van der Waals surface area contributed by atoms with Crippen molar-refractivity contribution in [1.82, 2.24) is 4.98 Å². The van der Waals surface area contributed by atoms with Crippen LogP contribution in [-0.2, 0) is 0 Å². The summed E-state index contributed by atoms with van der Waals surface area (Å²) >= 11 is 0. The van der Waals surface area contributed by atoms with Crippen molar-refractivity contribution in [3.8, 4) is 11.5 Å². The molecule has 7 heteroatoms. The third kappa shape index (κ3) is 1.91. The summed E-state index contributed by atoms with van der Waals surface area (Å²) in [7, 11) is 0. The number of hydrogen-bond acceptors (Lipinski definition) is 6. The van der Waals surface area contributed by atoms with Crippen molar-refractivity contribution in [1.29, 1.82) is 0 Å². The SMILES string of the molecule is NC(=O)Oc1ccc2oc3ncc(O)cc3c(=O)c2c1. The molecule has 7 nitrogen and oxygen atoms in total. The highest BCUT2D eigenvalue weighted by Gasteiger charge is 2.11. The number of nitrogens with two attached hydrogens (primary N) is 1. The molecule has 3 N–H and O–H groups in total. The molecule has 0 saturated heterocycles. The fraction of sp³-hybridized carbons (Fsp3) is 0. The second-order valence-electron chi connectivity index (χ2n) is 4.06. The van der Waals surface area contributed by atoms with Gasteiger partial charge in [-0.3, -0.25) is 4.79 Å². The Bertz CT molecular complexity index is 900. The molecule has 3 aromatic rings. The van der Waals surface area contributed by atoms with Crippen LogP contribution in [0.25, 0.3) is 22.1 Å². The van der Waals surface area contributed by atoms with Crippen molar-refractivity contribution in [3.63, 3.8) is 0 Å². The van der Waals surface area contributed by atoms with E-state index in [0.717, 1.165) is 0 Å². The van der Waals surface area contributed by atoms with Crippen LogP contribution in [-0.4, -0.2) is 16.2 Å². The summed E-state index contributed by atoms with van der Waals surface area (Å²) in [5.41, 5.74) is 4.93. The quantitative estimate of drug-likeness (QED) is 0.648. The molecule has 0 fully saturated rings. The van der Waals surface area contributed by atoms with E-state index < -0.39 is 6.09 Å². The van der Waals surface area contributed by atoms with Gasteiger partial charge in [-0.25, -0.2) is 9.78 Å². The van der Waals surface area contributed by atoms with Crippen LogP contribution in [0.3, 0.4) is 0 Å². The number of carbonyl (C=O) groups excluding carboxylic acids is 1. The summed E-state index contributed by atoms with van der Waals surface area (Å²) in [5, 5.41) is 9.70. The zero-order valence-corrected chi connectivity index (χ0v) is 9.99. The molecule has 1 amide bonds. The lowest BCUT2D eigenvalue weighted by molar-refractivity contribution is 0.211. The highest BCUT2D eigenvalue weighted by Crippen LogP contribution is 2.23. The molecule has 1 aromatic carbocycles. The number of pyridine rings is 1. The van der Waals surface area contributed by atoms with Crippen LogP contribution < -0.4 is 15.9 Å². The van der Waals surface area contributed by atoms with Crippen LogP contribution in [0, 0.1) is 0 Å². The van der Waals surface area contributed by atoms with Crippen LogP contribution in [0.1, 0.15) is 0 Å². The van der Waals surface area contributed by atoms with Crippen molar-refractivity contribution in [2.75, 3.05) is 0 Å². The number of ether oxygens (including phenoxy) is 1. The molecular weight excluding hydrogens is 264 g/mol. The minimum atomic E-state index is -0.978. The maximum Gasteiger partial charge on any atom is 0.409 e. The molecule has 0 aliphatic heterocycles. The van der Waals surface area contributed by atoms with Gasteiger partial charge in [0.2, 0.25) is 11.1 Å². The highest BCUT2D eigenvalue weighted by molar-refractivity contribution is 5.89. The van der Waals surface area contributed by atoms with E-state index in [1.54, 1.807) is 0 Å². The molecule has 0 saturated carbocycles. The molecule has 100 valence electrons. The largest absolute Gasteiger partial charge is 0.506 e. The Balaban J connectivity index is 2.33. The van der Waals surface area contributed by atoms with Crippen molar-refractivity contribution >= 4 is 28.2 Å². The molecule has 3 rings (SSSR count). The molecular formula is C13H8N2O5. The Labute approximate surface area is 111 Å². The Hall–Kier alpha value is -3.09. The lowest BCUT2D eigenvalue weighted by Crippen LogP contribution is -2.16. The van der Waals surface area contributed by atoms with Crippen molar-refractivity contribution < 1.29 is 19.1 Å². The summed E-state index contributed by atoms with van der Waals surface area (Å²) in [6.45, 7) is 0. The second kappa shape index (κ2) is 4.23. The van der Waals surface area contributed by atoms with Gasteiger partial charge in [0.05, 0.1) is 17.0 Å². The van der Waals surface area contributed by atoms with Crippen LogP contribution in [0.5, 0.6) is 11.5 Å². The second-order valence-corrected chi connectivity index (χ2v) is 4.06. The van der Waals surface area contributed by atoms with Gasteiger partial charge in [-0.1, -0.05) is 0 Å². The Kier molecular flexibility index (Phi) is 2.53. The van der Waals surface area contributed by atoms with E-state index in [0.29, 0.717) is 0 Å². The number of hydrogen-bond donors (Lipinski definition) is 2. The van der Waals surface area contributed by atoms with Gasteiger partial charge in [0.25, 0.3) is 0 Å². The molecule has 0 bridgehead atoms. The monoisotopic (exact) mass is 272 g/mol. The number of amides is 1. The first-order valence-corrected chi connectivity index (χ1v) is 5.57. The predicted molar refractivity (Wildman–Crippen MR) is 69.7 cm³/mol. The third-order valence-electron chi connectivity index (χ3n) is 2.70. The molecule has 0 aliphatic carbocycles. The number of aromatic hydroxyl groups is 1. The summed E-state index contributed by atoms with van der Waals surface area (Å²) in [5.74, 6) is -0.0153. The summed E-state index contributed by atoms with van der Waals surface area (Å²) in [4.78, 5) is 26.8. The molecule has 2 aromatic heterocycles. The number of nitrogens with zero attached hydrogens (tertiary/aromatic N) is 1. The normalized spacial score (nSPS) is 10.8. The molecule has 20 heavy (non-hydrogen) atoms. The van der Waals surface area contributed by atoms with Gasteiger partial charge in [0.15, 0.2) is 0 Å². The maximum atomic E-state index is 12.3. The first kappa shape index (κ1) is 12.0. The van der Waals surface area contributed by atoms with E-state index in [-0.39, 0.29) is 39.0 Å². The summed E-state index contributed by atoms with van der Waals surface area (Å²) < 4.78 is 10.2. The standard InChI is InChI=1S/C13H8N2O5/c14-13(18)19-7-1-2-10-8(4-7)11(17)9-3-6(16)5-15-12(9)20-10/h1-5,16H,(H2,14,18). The number of fused-ring (bicyclic) bond motifs is 2. The van der Waals surface area contributed by atoms with Gasteiger partial charge in [0.1, 0.15) is 17.1 Å². The van der Waals surface area contributed by atoms with Gasteiger partial charge < -0.3 is 20.0 Å². The summed E-state index contributed by atoms with van der Waals surface area (Å²) in [6, 6.07) is 5.52. The molecule has 0 unspecified atom stereocenters. The van der Waals surface area contributed by atoms with Gasteiger partial charge in [-0.2, -0.15) is 0 Å². The van der Waals surface area contributed by atoms with Crippen LogP contribution in [0.4, 0.5) is 4.79 Å². The first-order valence-electron chi connectivity index (χ1n) is 5.57. The summed E-state index contributed by atoms with van der Waals surface area (Å²) in [6.07, 6.45) is 0.204. The van der Waals surface area contributed by atoms with E-state index >= 15 is 0 Å². The lowest BCUT2D eigenvalue weighted by atomic mass is 10.2. The van der Waals surface area contributed by atoms with E-state index in [9.17, 15) is 14.7 Å². The molecule has 2 heterocycles. The third-order valence-corrected chi connectivity index (χ3v) is 2.70. The predicted octanol–water partition coefficient (Wildman–Crippen LogP) is 1.50. The average Bonchev–Trinajstić information content (AvgIpc) is 2.40. The minimum Gasteiger partial charge on any atom is -0.506 e. The average molecular weight is 272 g/mol. The number of primary amides is 1. The van der Waals surface area contributed by atoms with Gasteiger partial charge >= 0.3 is 6.09 Å². The van der Waals surface area contributed by atoms with Crippen LogP contribution in [0.15, 0.2) is 39.7 Å². The van der Waals surface area contributed by atoms with Gasteiger partial charge in [-0.05, 0) is 24.3 Å². The fourth-order valence-corrected chi connectivity index (χ4v) is 1.89. The van der Waals surface area contributed by atoms with Crippen molar-refractivity contribution in [3.05, 3.63) is 40.7 Å². The number of rotatable bonds is 1. The molecule has 0 spiro atoms. The smallest absolute Gasteiger partial charge is 0.409 e. The Morgan fingerprint density at radius 2 is 2.10 bits per heavy atom. The fourth-order valence-electron chi connectivity index (χ4n) is 1.89. The van der Waals surface area contributed by atoms with E-state index in [4.69, 9.17) is 14.9 Å². The van der Waals surface area contributed by atoms with E-state index in [1.165, 1.54) is 30.5 Å². The van der Waals surface area contributed by atoms with Crippen LogP contribution in [0.2, 0.25) is 0 Å². The highest BCUT2D eigenvalue weighted by atomic mass is 16.5. The zero-order chi connectivity index (χ0) is 14.3. The van der Waals surface area contributed by atoms with Gasteiger partial charge in [0, 0.05) is 0 Å². The Morgan fingerprint density at radius 1 is 1.30 bits per heavy atom. The van der Waals surface area contributed by atoms with E-state index in [1.807, 2.05) is 0 Å². The van der Waals surface area contributed by atoms with E-state index in [2.05, 4.69) is 4.98 Å². The zero-order valence-electron chi connectivity index (χ0n) is 9.99. The Morgan fingerprint density at radius 3 is 2.85 bits per heavy atom. The number of aromatic nitrogens is 1. The van der Waals surface area contributed by atoms with Crippen molar-refractivity contribution in [2.45, 2.75) is 0 Å². The number of carbonyl (C=O) groups is 1.